The predicted octanol–water partition coefficient (Wildman–Crippen LogP) is 21.8. The smallest absolute Gasteiger partial charge is 0.504 e. The molecule has 0 bridgehead atoms. The van der Waals surface area contributed by atoms with Crippen LogP contribution in [0, 0.1) is 43.1 Å². The summed E-state index contributed by atoms with van der Waals surface area (Å²) in [5.41, 5.74) is 25.0. The molecule has 3 aliphatic rings. The molecule has 0 fully saturated rings. The maximum Gasteiger partial charge on any atom is 3.00 e. The quantitative estimate of drug-likeness (QED) is 0.0974. The van der Waals surface area contributed by atoms with Gasteiger partial charge in [-0.25, -0.2) is 0 Å². The Labute approximate surface area is 806 Å². The van der Waals surface area contributed by atoms with E-state index >= 15 is 0 Å². The average Bonchev–Trinajstić information content (AvgIpc) is 1.33. The van der Waals surface area contributed by atoms with Gasteiger partial charge in [-0.2, -0.15) is 55.5 Å². The van der Waals surface area contributed by atoms with E-state index in [9.17, 15) is 0 Å². The summed E-state index contributed by atoms with van der Waals surface area (Å²) in [5, 5.41) is 52.5. The number of nitrogens with zero attached hydrogens (tertiary/aromatic N) is 21. The summed E-state index contributed by atoms with van der Waals surface area (Å²) in [4.78, 5) is 29.8. The first-order chi connectivity index (χ1) is 63.9. The van der Waals surface area contributed by atoms with E-state index in [0.29, 0.717) is 40.6 Å². The van der Waals surface area contributed by atoms with Crippen molar-refractivity contribution in [1.82, 2.24) is 95.7 Å². The Morgan fingerprint density at radius 2 is 0.879 bits per heavy atom. The number of anilines is 3. The molecule has 2 radical (unpaired) electrons. The molecule has 0 N–H and O–H groups in total. The average molecular weight is 2250 g/mol. The van der Waals surface area contributed by atoms with Crippen LogP contribution in [0.5, 0.6) is 0 Å². The number of para-hydroxylation sites is 3. The zero-order valence-corrected chi connectivity index (χ0v) is 78.5. The molecular weight excluding hydrogens is 2170 g/mol. The minimum absolute atomic E-state index is 0. The summed E-state index contributed by atoms with van der Waals surface area (Å²) in [7, 11) is 2.06. The molecule has 648 valence electrons. The third-order valence-electron chi connectivity index (χ3n) is 21.8. The molecule has 2 aliphatic carbocycles. The molecule has 11 aromatic carbocycles. The monoisotopic (exact) mass is 2250 g/mol. The van der Waals surface area contributed by atoms with E-state index in [1.807, 2.05) is 244 Å². The molecule has 23 rings (SSSR count). The van der Waals surface area contributed by atoms with E-state index in [1.54, 1.807) is 18.5 Å². The molecule has 9 aromatic heterocycles. The largest absolute Gasteiger partial charge is 3.00 e. The Kier molecular flexibility index (Phi) is 31.8. The number of benzene rings is 11. The summed E-state index contributed by atoms with van der Waals surface area (Å²) in [6.45, 7) is 2.09. The zero-order chi connectivity index (χ0) is 87.0. The molecular formula is C108H80Ir3N21-4. The summed E-state index contributed by atoms with van der Waals surface area (Å²) in [6, 6.07) is 119. The van der Waals surface area contributed by atoms with Crippen molar-refractivity contribution in [2.75, 3.05) is 16.8 Å². The minimum atomic E-state index is 0. The molecule has 0 saturated heterocycles. The van der Waals surface area contributed by atoms with Crippen LogP contribution in [0.2, 0.25) is 0 Å². The predicted molar refractivity (Wildman–Crippen MR) is 503 cm³/mol. The molecule has 20 aromatic rings. The molecule has 0 unspecified atom stereocenters. The van der Waals surface area contributed by atoms with Crippen LogP contribution in [0.25, 0.3) is 141 Å². The maximum atomic E-state index is 4.54. The molecule has 0 atom stereocenters. The Morgan fingerprint density at radius 3 is 1.53 bits per heavy atom. The van der Waals surface area contributed by atoms with Crippen LogP contribution in [0.15, 0.2) is 365 Å². The van der Waals surface area contributed by atoms with Gasteiger partial charge < -0.3 is 19.4 Å². The fraction of sp³-hybridized carbons (Fsp3) is 0.0833. The van der Waals surface area contributed by atoms with E-state index in [1.165, 1.54) is 75.8 Å². The summed E-state index contributed by atoms with van der Waals surface area (Å²) < 4.78 is 2.07. The fourth-order valence-corrected chi connectivity index (χ4v) is 15.4. The molecule has 21 nitrogen and oxygen atoms in total. The van der Waals surface area contributed by atoms with Crippen LogP contribution in [-0.4, -0.2) is 103 Å². The molecule has 0 saturated carbocycles. The minimum Gasteiger partial charge on any atom is -0.504 e. The van der Waals surface area contributed by atoms with Crippen molar-refractivity contribution >= 4 is 27.8 Å². The van der Waals surface area contributed by atoms with Crippen LogP contribution in [0.4, 0.5) is 17.1 Å². The Hall–Kier alpha value is -15.0. The van der Waals surface area contributed by atoms with Crippen molar-refractivity contribution in [1.29, 1.82) is 0 Å². The van der Waals surface area contributed by atoms with Gasteiger partial charge in [0.1, 0.15) is 23.2 Å². The molecule has 10 heterocycles. The number of aryl methyl sites for hydroxylation is 2. The van der Waals surface area contributed by atoms with Crippen molar-refractivity contribution in [2.24, 2.45) is 0 Å². The third-order valence-corrected chi connectivity index (χ3v) is 21.8. The number of aromatic nitrogens is 19. The number of pyridine rings is 5. The number of rotatable bonds is 13. The van der Waals surface area contributed by atoms with Gasteiger partial charge in [-0.15, -0.1) is 215 Å². The van der Waals surface area contributed by atoms with Crippen molar-refractivity contribution in [3.8, 4) is 130 Å². The van der Waals surface area contributed by atoms with E-state index in [-0.39, 0.29) is 60.3 Å². The Morgan fingerprint density at radius 1 is 0.326 bits per heavy atom. The van der Waals surface area contributed by atoms with Gasteiger partial charge >= 0.3 is 20.1 Å². The normalized spacial score (nSPS) is 11.8. The van der Waals surface area contributed by atoms with Gasteiger partial charge in [-0.05, 0) is 168 Å². The molecule has 0 amide bonds. The van der Waals surface area contributed by atoms with E-state index < -0.39 is 0 Å². The first-order valence-electron chi connectivity index (χ1n) is 42.4. The van der Waals surface area contributed by atoms with Crippen molar-refractivity contribution in [3.05, 3.63) is 431 Å². The van der Waals surface area contributed by atoms with Crippen LogP contribution in [-0.2, 0) is 86.0 Å². The van der Waals surface area contributed by atoms with Gasteiger partial charge in [-0.1, -0.05) is 134 Å². The SMILES string of the molecule is CN1[CH-]N(c2[c-]ccc(-c3ccncc3)c2)c2ccccc21.[Ir+3].[Ir].[Ir].[c-]1ccc(-c2cccnc2)cc1-c1nccn1-c1ccccc1.[c-]1ccc2c(c1-c1nnc(-c3cccc4c3CCCC4)nn1)CCCC2.[c-]1ccccc1-c1nccc2cc(-c3ccncc3)ccc12.[c-]1ccccc1-c1nnc(-c2ccccc2)nn1.[c-]1ccccc1-c1nnc(-c2ccccn2)nn1. The standard InChI is InChI=1S/C22H21N4.C20H14N3.C20H13N2.C19H15N3.C14H9N4.C13H8N5.3Ir/c1-3-11-17-15(7-1)9-5-13-19(17)21-23-25-22(26-24-21)20-14-6-10-16-8-2-4-12-18(16)20;1-2-9-19(10-3-1)23-13-12-22-20(23)17-7-4-6-16(14-17)18-8-5-11-21-15-18;1-2-4-16(5-3-1)20-19-7-6-17(14-18(19)10-13-22-20)15-8-11-21-12-9-15;1-21-14-22(19-8-3-2-7-18(19)21)17-6-4-5-16(13-17)15-9-11-20-12-10-15;1-3-7-11(8-4-1)13-15-17-14(18-16-13)12-9-5-2-6-10-12;1-2-6-10(7-3-1)12-15-17-13(18-16-12)11-8-4-5-9-14-11;;;/h5-6,9-10,13H,1-4,7-8,11-12H2;1-6,8-15H;1-4,6-14H;2-5,7-14H,1H3;1-9H;1-6,8-9H;;;/q3*-1;-2;2*-1;;;+3. The van der Waals surface area contributed by atoms with E-state index in [2.05, 4.69) is 259 Å². The van der Waals surface area contributed by atoms with Crippen LogP contribution < -0.4 is 9.80 Å². The number of imidazole rings is 1. The fourth-order valence-electron chi connectivity index (χ4n) is 15.4. The third kappa shape index (κ3) is 22.6. The van der Waals surface area contributed by atoms with Gasteiger partial charge in [0.05, 0.1) is 5.82 Å². The number of hydrogen-bond acceptors (Lipinski definition) is 20. The van der Waals surface area contributed by atoms with Crippen molar-refractivity contribution < 1.29 is 60.3 Å². The maximum absolute atomic E-state index is 4.54. The first kappa shape index (κ1) is 91.7. The summed E-state index contributed by atoms with van der Waals surface area (Å²) >= 11 is 0. The second-order valence-corrected chi connectivity index (χ2v) is 30.1. The van der Waals surface area contributed by atoms with Crippen molar-refractivity contribution in [2.45, 2.75) is 51.4 Å². The Balaban J connectivity index is 0.000000121. The molecule has 1 aliphatic heterocycles. The summed E-state index contributed by atoms with van der Waals surface area (Å²) in [6.07, 6.45) is 27.6. The molecule has 24 heteroatoms. The number of hydrogen-bond donors (Lipinski definition) is 0. The Bertz CT molecular complexity index is 6710. The number of fused-ring (bicyclic) bond motifs is 4. The topological polar surface area (TPSA) is 243 Å². The van der Waals surface area contributed by atoms with Crippen LogP contribution >= 0.6 is 0 Å². The zero-order valence-electron chi connectivity index (χ0n) is 71.3. The second-order valence-electron chi connectivity index (χ2n) is 30.1. The van der Waals surface area contributed by atoms with Gasteiger partial charge in [0.2, 0.25) is 17.5 Å². The van der Waals surface area contributed by atoms with Gasteiger partial charge in [0, 0.05) is 130 Å². The second kappa shape index (κ2) is 45.8. The van der Waals surface area contributed by atoms with Crippen molar-refractivity contribution in [3.63, 3.8) is 0 Å². The van der Waals surface area contributed by atoms with Gasteiger partial charge in [-0.3, -0.25) is 24.9 Å². The van der Waals surface area contributed by atoms with Crippen LogP contribution in [0.3, 0.4) is 0 Å². The van der Waals surface area contributed by atoms with Gasteiger partial charge in [0.15, 0.2) is 0 Å². The van der Waals surface area contributed by atoms with Gasteiger partial charge in [0.25, 0.3) is 0 Å². The van der Waals surface area contributed by atoms with E-state index in [0.717, 1.165) is 115 Å². The summed E-state index contributed by atoms with van der Waals surface area (Å²) in [5.74, 6) is 3.98. The van der Waals surface area contributed by atoms with Crippen LogP contribution in [0.1, 0.15) is 47.9 Å². The molecule has 0 spiro atoms. The molecule has 132 heavy (non-hydrogen) atoms. The van der Waals surface area contributed by atoms with E-state index in [4.69, 9.17) is 0 Å². The first-order valence-corrected chi connectivity index (χ1v) is 42.4.